The number of hydrogen-bond acceptors (Lipinski definition) is 4. The SMILES string of the molecule is CC(C)N(C)Cc1ccc(CNS(=O)(=O)c2cccs2)cc1. The second-order valence-corrected chi connectivity index (χ2v) is 8.52. The minimum absolute atomic E-state index is 0.306. The van der Waals surface area contributed by atoms with E-state index in [4.69, 9.17) is 0 Å². The molecule has 0 radical (unpaired) electrons. The molecule has 0 unspecified atom stereocenters. The predicted octanol–water partition coefficient (Wildman–Crippen LogP) is 3.07. The maximum Gasteiger partial charge on any atom is 0.250 e. The summed E-state index contributed by atoms with van der Waals surface area (Å²) in [5, 5.41) is 1.76. The van der Waals surface area contributed by atoms with Crippen LogP contribution in [0.4, 0.5) is 0 Å². The topological polar surface area (TPSA) is 49.4 Å². The number of thiophene rings is 1. The van der Waals surface area contributed by atoms with Crippen LogP contribution in [0.15, 0.2) is 46.0 Å². The summed E-state index contributed by atoms with van der Waals surface area (Å²) in [6.45, 7) is 5.51. The van der Waals surface area contributed by atoms with Crippen molar-refractivity contribution in [3.63, 3.8) is 0 Å². The van der Waals surface area contributed by atoms with Crippen molar-refractivity contribution in [2.24, 2.45) is 0 Å². The van der Waals surface area contributed by atoms with Crippen molar-refractivity contribution in [2.75, 3.05) is 7.05 Å². The summed E-state index contributed by atoms with van der Waals surface area (Å²) in [6, 6.07) is 11.9. The maximum absolute atomic E-state index is 12.0. The first-order chi connectivity index (χ1) is 10.4. The summed E-state index contributed by atoms with van der Waals surface area (Å²) in [6.07, 6.45) is 0. The van der Waals surface area contributed by atoms with Gasteiger partial charge < -0.3 is 0 Å². The van der Waals surface area contributed by atoms with Crippen LogP contribution in [0.2, 0.25) is 0 Å². The zero-order chi connectivity index (χ0) is 16.2. The third-order valence-corrected chi connectivity index (χ3v) is 6.36. The highest BCUT2D eigenvalue weighted by atomic mass is 32.2. The van der Waals surface area contributed by atoms with Crippen LogP contribution in [0.1, 0.15) is 25.0 Å². The van der Waals surface area contributed by atoms with Crippen molar-refractivity contribution in [2.45, 2.75) is 37.2 Å². The molecule has 1 N–H and O–H groups in total. The Kier molecular flexibility index (Phi) is 5.74. The molecule has 0 saturated heterocycles. The summed E-state index contributed by atoms with van der Waals surface area (Å²) in [5.41, 5.74) is 2.18. The summed E-state index contributed by atoms with van der Waals surface area (Å²) in [5.74, 6) is 0. The minimum atomic E-state index is -3.40. The first kappa shape index (κ1) is 17.1. The number of benzene rings is 1. The zero-order valence-corrected chi connectivity index (χ0v) is 14.7. The number of sulfonamides is 1. The van der Waals surface area contributed by atoms with Gasteiger partial charge in [-0.05, 0) is 43.5 Å². The van der Waals surface area contributed by atoms with Crippen molar-refractivity contribution in [3.8, 4) is 0 Å². The van der Waals surface area contributed by atoms with E-state index >= 15 is 0 Å². The lowest BCUT2D eigenvalue weighted by molar-refractivity contribution is 0.266. The molecular weight excluding hydrogens is 316 g/mol. The Morgan fingerprint density at radius 1 is 1.14 bits per heavy atom. The van der Waals surface area contributed by atoms with Crippen molar-refractivity contribution in [1.82, 2.24) is 9.62 Å². The standard InChI is InChI=1S/C16H22N2O2S2/c1-13(2)18(3)12-15-8-6-14(7-9-15)11-17-22(19,20)16-5-4-10-21-16/h4-10,13,17H,11-12H2,1-3H3. The average molecular weight is 338 g/mol. The van der Waals surface area contributed by atoms with E-state index in [1.165, 1.54) is 16.9 Å². The van der Waals surface area contributed by atoms with Crippen LogP contribution in [0.25, 0.3) is 0 Å². The van der Waals surface area contributed by atoms with Gasteiger partial charge in [-0.15, -0.1) is 11.3 Å². The average Bonchev–Trinajstić information content (AvgIpc) is 3.01. The second-order valence-electron chi connectivity index (χ2n) is 5.58. The van der Waals surface area contributed by atoms with Crippen LogP contribution in [0, 0.1) is 0 Å². The molecule has 0 saturated carbocycles. The number of nitrogens with one attached hydrogen (secondary N) is 1. The molecule has 2 rings (SSSR count). The third-order valence-electron chi connectivity index (χ3n) is 3.56. The fraction of sp³-hybridized carbons (Fsp3) is 0.375. The molecule has 0 aliphatic carbocycles. The van der Waals surface area contributed by atoms with Gasteiger partial charge in [0.25, 0.3) is 0 Å². The minimum Gasteiger partial charge on any atom is -0.300 e. The summed E-state index contributed by atoms with van der Waals surface area (Å²) >= 11 is 1.22. The molecule has 0 spiro atoms. The first-order valence-corrected chi connectivity index (χ1v) is 9.56. The highest BCUT2D eigenvalue weighted by molar-refractivity contribution is 7.91. The van der Waals surface area contributed by atoms with Crippen molar-refractivity contribution in [1.29, 1.82) is 0 Å². The van der Waals surface area contributed by atoms with Crippen molar-refractivity contribution >= 4 is 21.4 Å². The molecule has 0 bridgehead atoms. The molecule has 22 heavy (non-hydrogen) atoms. The normalized spacial score (nSPS) is 12.2. The highest BCUT2D eigenvalue weighted by Crippen LogP contribution is 2.16. The van der Waals surface area contributed by atoms with Gasteiger partial charge in [0.1, 0.15) is 4.21 Å². The van der Waals surface area contributed by atoms with Gasteiger partial charge in [-0.1, -0.05) is 30.3 Å². The highest BCUT2D eigenvalue weighted by Gasteiger charge is 2.14. The summed E-state index contributed by atoms with van der Waals surface area (Å²) in [4.78, 5) is 2.26. The van der Waals surface area contributed by atoms with Gasteiger partial charge in [-0.2, -0.15) is 0 Å². The van der Waals surface area contributed by atoms with E-state index in [2.05, 4.69) is 30.5 Å². The predicted molar refractivity (Wildman–Crippen MR) is 91.4 cm³/mol. The Hall–Kier alpha value is -1.21. The molecule has 0 aliphatic heterocycles. The molecule has 1 heterocycles. The van der Waals surface area contributed by atoms with E-state index in [0.717, 1.165) is 12.1 Å². The van der Waals surface area contributed by atoms with E-state index < -0.39 is 10.0 Å². The van der Waals surface area contributed by atoms with Gasteiger partial charge in [-0.3, -0.25) is 4.90 Å². The van der Waals surface area contributed by atoms with Crippen molar-refractivity contribution in [3.05, 3.63) is 52.9 Å². The first-order valence-electron chi connectivity index (χ1n) is 7.20. The molecule has 6 heteroatoms. The molecule has 1 aromatic carbocycles. The largest absolute Gasteiger partial charge is 0.300 e. The van der Waals surface area contributed by atoms with Crippen LogP contribution < -0.4 is 4.72 Å². The summed E-state index contributed by atoms with van der Waals surface area (Å²) in [7, 11) is -1.30. The van der Waals surface area contributed by atoms with Gasteiger partial charge in [0.2, 0.25) is 10.0 Å². The van der Waals surface area contributed by atoms with Gasteiger partial charge in [0.05, 0.1) is 0 Å². The zero-order valence-electron chi connectivity index (χ0n) is 13.1. The van der Waals surface area contributed by atoms with Crippen LogP contribution in [-0.2, 0) is 23.1 Å². The molecule has 2 aromatic rings. The van der Waals surface area contributed by atoms with Gasteiger partial charge in [0.15, 0.2) is 0 Å². The fourth-order valence-electron chi connectivity index (χ4n) is 1.90. The van der Waals surface area contributed by atoms with E-state index in [-0.39, 0.29) is 0 Å². The van der Waals surface area contributed by atoms with Crippen LogP contribution in [0.5, 0.6) is 0 Å². The Morgan fingerprint density at radius 2 is 1.77 bits per heavy atom. The Balaban J connectivity index is 1.95. The molecule has 0 amide bonds. The van der Waals surface area contributed by atoms with Gasteiger partial charge in [-0.25, -0.2) is 13.1 Å². The maximum atomic E-state index is 12.0. The lowest BCUT2D eigenvalue weighted by Gasteiger charge is -2.21. The Morgan fingerprint density at radius 3 is 2.32 bits per heavy atom. The monoisotopic (exact) mass is 338 g/mol. The smallest absolute Gasteiger partial charge is 0.250 e. The molecular formula is C16H22N2O2S2. The van der Waals surface area contributed by atoms with Crippen LogP contribution >= 0.6 is 11.3 Å². The Bertz CT molecular complexity index is 677. The molecule has 0 aliphatic rings. The van der Waals surface area contributed by atoms with E-state index in [1.54, 1.807) is 17.5 Å². The molecule has 0 fully saturated rings. The Labute approximate surface area is 136 Å². The molecule has 0 atom stereocenters. The third kappa shape index (κ3) is 4.64. The lowest BCUT2D eigenvalue weighted by atomic mass is 10.1. The van der Waals surface area contributed by atoms with Crippen molar-refractivity contribution < 1.29 is 8.42 Å². The lowest BCUT2D eigenvalue weighted by Crippen LogP contribution is -2.25. The quantitative estimate of drug-likeness (QED) is 0.844. The fourth-order valence-corrected chi connectivity index (χ4v) is 3.95. The van der Waals surface area contributed by atoms with E-state index in [0.29, 0.717) is 16.8 Å². The van der Waals surface area contributed by atoms with Crippen LogP contribution in [0.3, 0.4) is 0 Å². The summed E-state index contributed by atoms with van der Waals surface area (Å²) < 4.78 is 27.1. The number of hydrogen-bond donors (Lipinski definition) is 1. The molecule has 120 valence electrons. The van der Waals surface area contributed by atoms with Gasteiger partial charge >= 0.3 is 0 Å². The molecule has 4 nitrogen and oxygen atoms in total. The number of rotatable bonds is 7. The van der Waals surface area contributed by atoms with Gasteiger partial charge in [0, 0.05) is 19.1 Å². The van der Waals surface area contributed by atoms with Crippen LogP contribution in [-0.4, -0.2) is 26.4 Å². The number of nitrogens with zero attached hydrogens (tertiary/aromatic N) is 1. The second kappa shape index (κ2) is 7.37. The van der Waals surface area contributed by atoms with E-state index in [9.17, 15) is 8.42 Å². The van der Waals surface area contributed by atoms with E-state index in [1.807, 2.05) is 24.3 Å². The molecule has 1 aromatic heterocycles.